The number of nitrogens with one attached hydrogen (secondary N) is 1. The molecule has 4 nitrogen and oxygen atoms in total. The first-order valence-electron chi connectivity index (χ1n) is 9.95. The average Bonchev–Trinajstić information content (AvgIpc) is 3.00. The molecule has 1 aliphatic carbocycles. The molecule has 0 unspecified atom stereocenters. The third-order valence-corrected chi connectivity index (χ3v) is 6.64. The summed E-state index contributed by atoms with van der Waals surface area (Å²) >= 11 is 5.89. The van der Waals surface area contributed by atoms with E-state index in [-0.39, 0.29) is 24.0 Å². The molecule has 0 saturated heterocycles. The Morgan fingerprint density at radius 1 is 1.21 bits per heavy atom. The van der Waals surface area contributed by atoms with Gasteiger partial charge in [-0.25, -0.2) is 0 Å². The van der Waals surface area contributed by atoms with Crippen LogP contribution in [0, 0.1) is 12.8 Å². The van der Waals surface area contributed by atoms with Crippen LogP contribution in [0.5, 0.6) is 5.75 Å². The van der Waals surface area contributed by atoms with Crippen LogP contribution in [0.2, 0.25) is 5.02 Å². The predicted molar refractivity (Wildman–Crippen MR) is 111 cm³/mol. The van der Waals surface area contributed by atoms with Gasteiger partial charge >= 0.3 is 0 Å². The van der Waals surface area contributed by atoms with Gasteiger partial charge in [0.15, 0.2) is 0 Å². The molecule has 5 heteroatoms. The highest BCUT2D eigenvalue weighted by molar-refractivity contribution is 6.30. The molecule has 1 aliphatic heterocycles. The molecular weight excluding hydrogens is 374 g/mol. The lowest BCUT2D eigenvalue weighted by Gasteiger charge is -2.40. The van der Waals surface area contributed by atoms with Crippen molar-refractivity contribution in [2.45, 2.75) is 50.5 Å². The Morgan fingerprint density at radius 3 is 2.61 bits per heavy atom. The molecule has 1 saturated carbocycles. The molecule has 1 atom stereocenters. The third kappa shape index (κ3) is 3.51. The summed E-state index contributed by atoms with van der Waals surface area (Å²) in [6, 6.07) is 13.5. The van der Waals surface area contributed by atoms with Gasteiger partial charge in [-0.3, -0.25) is 4.79 Å². The number of carbonyl (C=O) groups excluding carboxylic acids is 1. The molecule has 0 radical (unpaired) electrons. The number of anilines is 1. The van der Waals surface area contributed by atoms with Crippen molar-refractivity contribution in [1.29, 1.82) is 0 Å². The molecule has 4 rings (SSSR count). The quantitative estimate of drug-likeness (QED) is 0.771. The second kappa shape index (κ2) is 7.76. The maximum Gasteiger partial charge on any atom is 0.224 e. The number of halogens is 1. The predicted octanol–water partition coefficient (Wildman–Crippen LogP) is 4.86. The highest BCUT2D eigenvalue weighted by Crippen LogP contribution is 2.53. The van der Waals surface area contributed by atoms with Crippen LogP contribution in [0.15, 0.2) is 42.5 Å². The summed E-state index contributed by atoms with van der Waals surface area (Å²) in [5, 5.41) is 13.6. The van der Waals surface area contributed by atoms with E-state index in [1.807, 2.05) is 12.1 Å². The van der Waals surface area contributed by atoms with Crippen LogP contribution >= 0.6 is 11.6 Å². The van der Waals surface area contributed by atoms with E-state index in [1.54, 1.807) is 12.1 Å². The molecule has 1 amide bonds. The Balaban J connectivity index is 1.41. The Hall–Kier alpha value is -2.04. The second-order valence-corrected chi connectivity index (χ2v) is 8.54. The number of aryl methyl sites for hydroxylation is 1. The van der Waals surface area contributed by atoms with E-state index in [2.05, 4.69) is 30.4 Å². The monoisotopic (exact) mass is 399 g/mol. The van der Waals surface area contributed by atoms with Crippen molar-refractivity contribution in [3.8, 4) is 5.75 Å². The number of hydrogen-bond donors (Lipinski definition) is 2. The molecule has 2 aromatic rings. The number of aliphatic hydroxyl groups is 1. The van der Waals surface area contributed by atoms with Crippen molar-refractivity contribution in [1.82, 2.24) is 0 Å². The minimum atomic E-state index is -0.188. The molecule has 0 aromatic heterocycles. The number of fused-ring (bicyclic) bond motifs is 2. The first-order valence-corrected chi connectivity index (χ1v) is 10.3. The normalized spacial score (nSPS) is 26.0. The maximum atomic E-state index is 12.4. The standard InChI is InChI=1S/C23H26ClNO3/c1-15-3-2-4-19-22(15)28-20(14-26)23(19)11-9-16(10-12-23)13-21(27)25-18-7-5-17(24)6-8-18/h2-8,16,20,26H,9-14H2,1H3,(H,25,27)/t16?,20-,23?/m0/s1. The minimum Gasteiger partial charge on any atom is -0.487 e. The highest BCUT2D eigenvalue weighted by atomic mass is 35.5. The number of benzene rings is 2. The van der Waals surface area contributed by atoms with Gasteiger partial charge in [-0.2, -0.15) is 0 Å². The second-order valence-electron chi connectivity index (χ2n) is 8.10. The lowest BCUT2D eigenvalue weighted by atomic mass is 9.64. The number of carbonyl (C=O) groups is 1. The van der Waals surface area contributed by atoms with E-state index in [0.29, 0.717) is 17.4 Å². The Kier molecular flexibility index (Phi) is 5.35. The van der Waals surface area contributed by atoms with Crippen LogP contribution in [0.1, 0.15) is 43.2 Å². The molecule has 1 fully saturated rings. The number of aliphatic hydroxyl groups excluding tert-OH is 1. The number of amides is 1. The minimum absolute atomic E-state index is 0.0237. The van der Waals surface area contributed by atoms with Crippen molar-refractivity contribution in [2.75, 3.05) is 11.9 Å². The molecule has 2 aromatic carbocycles. The number of hydrogen-bond acceptors (Lipinski definition) is 3. The number of ether oxygens (including phenoxy) is 1. The fraction of sp³-hybridized carbons (Fsp3) is 0.435. The van der Waals surface area contributed by atoms with Gasteiger partial charge in [-0.1, -0.05) is 29.8 Å². The van der Waals surface area contributed by atoms with Gasteiger partial charge < -0.3 is 15.2 Å². The largest absolute Gasteiger partial charge is 0.487 e. The van der Waals surface area contributed by atoms with Gasteiger partial charge in [-0.15, -0.1) is 0 Å². The topological polar surface area (TPSA) is 58.6 Å². The van der Waals surface area contributed by atoms with Crippen LogP contribution in [-0.4, -0.2) is 23.7 Å². The van der Waals surface area contributed by atoms with Crippen LogP contribution in [-0.2, 0) is 10.2 Å². The third-order valence-electron chi connectivity index (χ3n) is 6.39. The number of rotatable bonds is 4. The molecule has 1 spiro atoms. The number of para-hydroxylation sites is 1. The zero-order valence-corrected chi connectivity index (χ0v) is 16.8. The first kappa shape index (κ1) is 19.3. The Bertz CT molecular complexity index is 857. The van der Waals surface area contributed by atoms with Gasteiger partial charge in [0, 0.05) is 28.1 Å². The van der Waals surface area contributed by atoms with Crippen molar-refractivity contribution in [2.24, 2.45) is 5.92 Å². The molecular formula is C23H26ClNO3. The van der Waals surface area contributed by atoms with Crippen LogP contribution < -0.4 is 10.1 Å². The summed E-state index contributed by atoms with van der Waals surface area (Å²) in [4.78, 5) is 12.4. The molecule has 2 N–H and O–H groups in total. The summed E-state index contributed by atoms with van der Waals surface area (Å²) in [6.45, 7) is 2.08. The molecule has 0 bridgehead atoms. The molecule has 2 aliphatic rings. The van der Waals surface area contributed by atoms with Crippen LogP contribution in [0.25, 0.3) is 0 Å². The van der Waals surface area contributed by atoms with Gasteiger partial charge in [0.05, 0.1) is 6.61 Å². The van der Waals surface area contributed by atoms with Gasteiger partial charge in [0.1, 0.15) is 11.9 Å². The first-order chi connectivity index (χ1) is 13.5. The fourth-order valence-electron chi connectivity index (χ4n) is 4.84. The van der Waals surface area contributed by atoms with E-state index >= 15 is 0 Å². The fourth-order valence-corrected chi connectivity index (χ4v) is 4.96. The average molecular weight is 400 g/mol. The lowest BCUT2D eigenvalue weighted by molar-refractivity contribution is -0.117. The van der Waals surface area contributed by atoms with E-state index in [4.69, 9.17) is 16.3 Å². The Labute approximate surface area is 170 Å². The van der Waals surface area contributed by atoms with E-state index < -0.39 is 0 Å². The van der Waals surface area contributed by atoms with Gasteiger partial charge in [0.25, 0.3) is 0 Å². The summed E-state index contributed by atoms with van der Waals surface area (Å²) in [5.41, 5.74) is 3.00. The lowest BCUT2D eigenvalue weighted by Crippen LogP contribution is -2.43. The van der Waals surface area contributed by atoms with Crippen LogP contribution in [0.4, 0.5) is 5.69 Å². The van der Waals surface area contributed by atoms with Gasteiger partial charge in [0.2, 0.25) is 5.91 Å². The van der Waals surface area contributed by atoms with E-state index in [1.165, 1.54) is 5.56 Å². The van der Waals surface area contributed by atoms with E-state index in [0.717, 1.165) is 42.7 Å². The summed E-state index contributed by atoms with van der Waals surface area (Å²) < 4.78 is 6.15. The molecule has 148 valence electrons. The molecule has 28 heavy (non-hydrogen) atoms. The Morgan fingerprint density at radius 2 is 1.93 bits per heavy atom. The summed E-state index contributed by atoms with van der Waals surface area (Å²) in [5.74, 6) is 1.34. The zero-order valence-electron chi connectivity index (χ0n) is 16.1. The van der Waals surface area contributed by atoms with Crippen molar-refractivity contribution < 1.29 is 14.6 Å². The van der Waals surface area contributed by atoms with Gasteiger partial charge in [-0.05, 0) is 68.4 Å². The van der Waals surface area contributed by atoms with Crippen molar-refractivity contribution in [3.05, 3.63) is 58.6 Å². The summed E-state index contributed by atoms with van der Waals surface area (Å²) in [7, 11) is 0. The van der Waals surface area contributed by atoms with Crippen molar-refractivity contribution in [3.63, 3.8) is 0 Å². The zero-order chi connectivity index (χ0) is 19.7. The van der Waals surface area contributed by atoms with E-state index in [9.17, 15) is 9.90 Å². The van der Waals surface area contributed by atoms with Crippen LogP contribution in [0.3, 0.4) is 0 Å². The summed E-state index contributed by atoms with van der Waals surface area (Å²) in [6.07, 6.45) is 4.13. The SMILES string of the molecule is Cc1cccc2c1O[C@@H](CO)C21CCC(CC(=O)Nc2ccc(Cl)cc2)CC1. The van der Waals surface area contributed by atoms with Crippen molar-refractivity contribution >= 4 is 23.2 Å². The molecule has 1 heterocycles. The maximum absolute atomic E-state index is 12.4. The smallest absolute Gasteiger partial charge is 0.224 e. The highest BCUT2D eigenvalue weighted by Gasteiger charge is 2.50.